The second-order valence-electron chi connectivity index (χ2n) is 7.72. The van der Waals surface area contributed by atoms with Crippen LogP contribution >= 0.6 is 0 Å². The van der Waals surface area contributed by atoms with Gasteiger partial charge in [0.25, 0.3) is 0 Å². The summed E-state index contributed by atoms with van der Waals surface area (Å²) in [6.45, 7) is 8.67. The molecule has 1 aliphatic heterocycles. The van der Waals surface area contributed by atoms with Crippen LogP contribution in [0.2, 0.25) is 0 Å². The molecule has 0 bridgehead atoms. The lowest BCUT2D eigenvalue weighted by Crippen LogP contribution is -2.45. The van der Waals surface area contributed by atoms with E-state index in [1.807, 2.05) is 6.07 Å². The van der Waals surface area contributed by atoms with E-state index in [4.69, 9.17) is 4.74 Å². The Hall–Kier alpha value is -1.88. The van der Waals surface area contributed by atoms with Gasteiger partial charge in [0, 0.05) is 30.2 Å². The lowest BCUT2D eigenvalue weighted by atomic mass is 9.67. The zero-order chi connectivity index (χ0) is 17.3. The molecule has 1 aromatic rings. The van der Waals surface area contributed by atoms with Crippen LogP contribution in [0.4, 0.5) is 0 Å². The molecule has 0 spiro atoms. The molecule has 0 aromatic heterocycles. The number of ether oxygens (including phenoxy) is 1. The van der Waals surface area contributed by atoms with Gasteiger partial charge < -0.3 is 9.84 Å². The third-order valence-electron chi connectivity index (χ3n) is 5.36. The Bertz CT molecular complexity index is 715. The largest absolute Gasteiger partial charge is 0.508 e. The first-order valence-electron chi connectivity index (χ1n) is 9.08. The van der Waals surface area contributed by atoms with Gasteiger partial charge in [-0.05, 0) is 57.7 Å². The van der Waals surface area contributed by atoms with Crippen molar-refractivity contribution >= 4 is 0 Å². The van der Waals surface area contributed by atoms with Gasteiger partial charge in [0.2, 0.25) is 0 Å². The molecule has 0 saturated carbocycles. The van der Waals surface area contributed by atoms with E-state index in [1.165, 1.54) is 5.57 Å². The van der Waals surface area contributed by atoms with Crippen LogP contribution in [0.3, 0.4) is 0 Å². The predicted octanol–water partition coefficient (Wildman–Crippen LogP) is 5.35. The lowest BCUT2D eigenvalue weighted by molar-refractivity contribution is 0.00754. The third kappa shape index (κ3) is 3.18. The Kier molecular flexibility index (Phi) is 4.63. The van der Waals surface area contributed by atoms with Crippen LogP contribution in [-0.2, 0) is 6.42 Å². The van der Waals surface area contributed by atoms with Crippen molar-refractivity contribution in [3.63, 3.8) is 0 Å². The van der Waals surface area contributed by atoms with Crippen LogP contribution < -0.4 is 4.74 Å². The van der Waals surface area contributed by atoms with Gasteiger partial charge in [-0.15, -0.1) is 5.92 Å². The van der Waals surface area contributed by atoms with Crippen molar-refractivity contribution in [2.75, 3.05) is 0 Å². The van der Waals surface area contributed by atoms with Gasteiger partial charge in [0.15, 0.2) is 0 Å². The maximum atomic E-state index is 10.7. The van der Waals surface area contributed by atoms with Gasteiger partial charge in [-0.3, -0.25) is 0 Å². The summed E-state index contributed by atoms with van der Waals surface area (Å²) in [5, 5.41) is 10.7. The quantitative estimate of drug-likeness (QED) is 0.587. The molecule has 24 heavy (non-hydrogen) atoms. The Morgan fingerprint density at radius 2 is 2.08 bits per heavy atom. The highest BCUT2D eigenvalue weighted by molar-refractivity contribution is 5.53. The Morgan fingerprint density at radius 1 is 1.29 bits per heavy atom. The van der Waals surface area contributed by atoms with E-state index in [0.29, 0.717) is 24.0 Å². The number of aromatic hydroxyl groups is 1. The molecule has 0 saturated heterocycles. The van der Waals surface area contributed by atoms with E-state index in [1.54, 1.807) is 0 Å². The van der Waals surface area contributed by atoms with Gasteiger partial charge in [-0.25, -0.2) is 0 Å². The van der Waals surface area contributed by atoms with Gasteiger partial charge in [-0.2, -0.15) is 0 Å². The second kappa shape index (κ2) is 6.55. The van der Waals surface area contributed by atoms with Crippen LogP contribution in [0.15, 0.2) is 23.8 Å². The number of rotatable bonds is 2. The predicted molar refractivity (Wildman–Crippen MR) is 98.4 cm³/mol. The highest BCUT2D eigenvalue weighted by Crippen LogP contribution is 2.54. The maximum Gasteiger partial charge on any atom is 0.127 e. The number of phenols is 1. The molecule has 2 nitrogen and oxygen atoms in total. The maximum absolute atomic E-state index is 10.7. The Balaban J connectivity index is 1.96. The Morgan fingerprint density at radius 3 is 2.83 bits per heavy atom. The summed E-state index contributed by atoms with van der Waals surface area (Å²) in [5.41, 5.74) is 3.23. The van der Waals surface area contributed by atoms with Gasteiger partial charge in [-0.1, -0.05) is 24.5 Å². The first kappa shape index (κ1) is 17.0. The van der Waals surface area contributed by atoms with Crippen molar-refractivity contribution in [1.29, 1.82) is 0 Å². The van der Waals surface area contributed by atoms with Crippen LogP contribution in [0.25, 0.3) is 0 Å². The zero-order valence-electron chi connectivity index (χ0n) is 15.3. The molecule has 0 amide bonds. The molecule has 1 aromatic carbocycles. The molecule has 1 aliphatic carbocycles. The average Bonchev–Trinajstić information content (AvgIpc) is 2.50. The van der Waals surface area contributed by atoms with E-state index in [2.05, 4.69) is 51.7 Å². The molecule has 0 fully saturated rings. The number of benzene rings is 1. The summed E-state index contributed by atoms with van der Waals surface area (Å²) in [6, 6.07) is 3.97. The smallest absolute Gasteiger partial charge is 0.127 e. The fourth-order valence-electron chi connectivity index (χ4n) is 4.10. The molecule has 128 valence electrons. The first-order chi connectivity index (χ1) is 11.4. The molecule has 2 heteroatoms. The van der Waals surface area contributed by atoms with E-state index >= 15 is 0 Å². The molecule has 3 rings (SSSR count). The minimum Gasteiger partial charge on any atom is -0.508 e. The van der Waals surface area contributed by atoms with Gasteiger partial charge in [0.1, 0.15) is 17.1 Å². The summed E-state index contributed by atoms with van der Waals surface area (Å²) < 4.78 is 6.34. The zero-order valence-corrected chi connectivity index (χ0v) is 15.3. The summed E-state index contributed by atoms with van der Waals surface area (Å²) in [7, 11) is 0. The minimum atomic E-state index is -0.214. The first-order valence-corrected chi connectivity index (χ1v) is 9.08. The van der Waals surface area contributed by atoms with Crippen molar-refractivity contribution in [2.45, 2.75) is 71.3 Å². The monoisotopic (exact) mass is 324 g/mol. The molecule has 2 aliphatic rings. The van der Waals surface area contributed by atoms with Gasteiger partial charge in [0.05, 0.1) is 0 Å². The molecule has 1 heterocycles. The molecule has 0 radical (unpaired) electrons. The SMILES string of the molecule is CCCC#CCc1cc(O)c2c(c1)OC(C)(C)[C@@H]1CC=C(C)C[C@@H]21. The summed E-state index contributed by atoms with van der Waals surface area (Å²) in [6.07, 6.45) is 7.02. The topological polar surface area (TPSA) is 29.5 Å². The van der Waals surface area contributed by atoms with E-state index in [-0.39, 0.29) is 5.60 Å². The van der Waals surface area contributed by atoms with Crippen molar-refractivity contribution in [3.8, 4) is 23.3 Å². The van der Waals surface area contributed by atoms with E-state index < -0.39 is 0 Å². The molecule has 0 unspecified atom stereocenters. The standard InChI is InChI=1S/C22H28O2/c1-5-6-7-8-9-16-13-19(23)21-17-12-15(2)10-11-18(17)22(3,4)24-20(21)14-16/h10,13-14,17-18,23H,5-6,9,11-12H2,1-4H3/t17-,18-/m1/s1. The third-order valence-corrected chi connectivity index (χ3v) is 5.36. The number of allylic oxidation sites excluding steroid dienone is 2. The van der Waals surface area contributed by atoms with Crippen molar-refractivity contribution in [2.24, 2.45) is 5.92 Å². The van der Waals surface area contributed by atoms with Crippen LogP contribution in [-0.4, -0.2) is 10.7 Å². The van der Waals surface area contributed by atoms with E-state index in [9.17, 15) is 5.11 Å². The van der Waals surface area contributed by atoms with Crippen LogP contribution in [0.5, 0.6) is 11.5 Å². The fraction of sp³-hybridized carbons (Fsp3) is 0.545. The van der Waals surface area contributed by atoms with E-state index in [0.717, 1.165) is 42.6 Å². The average molecular weight is 324 g/mol. The van der Waals surface area contributed by atoms with Crippen LogP contribution in [0.1, 0.15) is 70.4 Å². The lowest BCUT2D eigenvalue weighted by Gasteiger charge is -2.47. The van der Waals surface area contributed by atoms with Crippen LogP contribution in [0, 0.1) is 17.8 Å². The fourth-order valence-corrected chi connectivity index (χ4v) is 4.10. The molecule has 1 N–H and O–H groups in total. The Labute approximate surface area is 145 Å². The number of fused-ring (bicyclic) bond motifs is 3. The number of hydrogen-bond acceptors (Lipinski definition) is 2. The van der Waals surface area contributed by atoms with Crippen molar-refractivity contribution in [3.05, 3.63) is 34.9 Å². The number of unbranched alkanes of at least 4 members (excludes halogenated alkanes) is 1. The van der Waals surface area contributed by atoms with Crippen molar-refractivity contribution < 1.29 is 9.84 Å². The minimum absolute atomic E-state index is 0.214. The summed E-state index contributed by atoms with van der Waals surface area (Å²) >= 11 is 0. The second-order valence-corrected chi connectivity index (χ2v) is 7.72. The molecular weight excluding hydrogens is 296 g/mol. The summed E-state index contributed by atoms with van der Waals surface area (Å²) in [5.74, 6) is 8.34. The number of hydrogen-bond donors (Lipinski definition) is 1. The van der Waals surface area contributed by atoms with Gasteiger partial charge >= 0.3 is 0 Å². The highest BCUT2D eigenvalue weighted by Gasteiger charge is 2.45. The molecule has 2 atom stereocenters. The molecular formula is C22H28O2. The number of phenolic OH excluding ortho intramolecular Hbond substituents is 1. The van der Waals surface area contributed by atoms with Crippen molar-refractivity contribution in [1.82, 2.24) is 0 Å². The normalized spacial score (nSPS) is 23.9. The highest BCUT2D eigenvalue weighted by atomic mass is 16.5. The summed E-state index contributed by atoms with van der Waals surface area (Å²) in [4.78, 5) is 0.